The molecule has 3 rings (SSSR count). The number of hydrogen-bond donors (Lipinski definition) is 1. The fourth-order valence-corrected chi connectivity index (χ4v) is 2.68. The van der Waals surface area contributed by atoms with Gasteiger partial charge in [-0.1, -0.05) is 30.3 Å². The van der Waals surface area contributed by atoms with Crippen LogP contribution in [0.2, 0.25) is 0 Å². The lowest BCUT2D eigenvalue weighted by atomic mass is 9.98. The first-order valence-corrected chi connectivity index (χ1v) is 7.06. The van der Waals surface area contributed by atoms with E-state index in [9.17, 15) is 9.50 Å². The summed E-state index contributed by atoms with van der Waals surface area (Å²) in [5.41, 5.74) is 0.734. The number of imidazole rings is 1. The van der Waals surface area contributed by atoms with Crippen molar-refractivity contribution >= 4 is 10.8 Å². The lowest BCUT2D eigenvalue weighted by Crippen LogP contribution is -2.08. The van der Waals surface area contributed by atoms with Crippen LogP contribution in [-0.2, 0) is 13.0 Å². The topological polar surface area (TPSA) is 38.0 Å². The van der Waals surface area contributed by atoms with Gasteiger partial charge in [0, 0.05) is 30.7 Å². The zero-order chi connectivity index (χ0) is 14.8. The SMILES string of the molecule is CCn1ccnc1CC(O)c1ccc(F)c2ccccc12. The van der Waals surface area contributed by atoms with Crippen molar-refractivity contribution in [1.82, 2.24) is 9.55 Å². The van der Waals surface area contributed by atoms with Gasteiger partial charge in [-0.05, 0) is 23.9 Å². The molecule has 3 nitrogen and oxygen atoms in total. The number of halogens is 1. The zero-order valence-corrected chi connectivity index (χ0v) is 11.8. The Morgan fingerprint density at radius 1 is 1.19 bits per heavy atom. The van der Waals surface area contributed by atoms with Crippen LogP contribution in [0.4, 0.5) is 4.39 Å². The van der Waals surface area contributed by atoms with Crippen molar-refractivity contribution in [2.75, 3.05) is 0 Å². The summed E-state index contributed by atoms with van der Waals surface area (Å²) in [6.07, 6.45) is 3.33. The smallest absolute Gasteiger partial charge is 0.131 e. The molecule has 2 aromatic carbocycles. The van der Waals surface area contributed by atoms with Crippen molar-refractivity contribution in [2.24, 2.45) is 0 Å². The van der Waals surface area contributed by atoms with E-state index in [1.165, 1.54) is 6.07 Å². The third-order valence-corrected chi connectivity index (χ3v) is 3.78. The maximum Gasteiger partial charge on any atom is 0.131 e. The van der Waals surface area contributed by atoms with Gasteiger partial charge < -0.3 is 9.67 Å². The summed E-state index contributed by atoms with van der Waals surface area (Å²) in [5, 5.41) is 11.8. The maximum atomic E-state index is 13.8. The molecule has 0 aliphatic rings. The van der Waals surface area contributed by atoms with E-state index in [0.717, 1.165) is 23.3 Å². The van der Waals surface area contributed by atoms with Gasteiger partial charge in [-0.3, -0.25) is 0 Å². The van der Waals surface area contributed by atoms with Gasteiger partial charge in [0.05, 0.1) is 6.10 Å². The van der Waals surface area contributed by atoms with Crippen LogP contribution >= 0.6 is 0 Å². The number of rotatable bonds is 4. The molecule has 0 saturated carbocycles. The van der Waals surface area contributed by atoms with Gasteiger partial charge >= 0.3 is 0 Å². The van der Waals surface area contributed by atoms with Crippen LogP contribution in [0, 0.1) is 5.82 Å². The number of nitrogens with zero attached hydrogens (tertiary/aromatic N) is 2. The Kier molecular flexibility index (Phi) is 3.71. The standard InChI is InChI=1S/C17H17FN2O/c1-2-20-10-9-19-17(20)11-16(21)14-7-8-15(18)13-6-4-3-5-12(13)14/h3-10,16,21H,2,11H2,1H3. The Morgan fingerprint density at radius 2 is 1.95 bits per heavy atom. The minimum absolute atomic E-state index is 0.267. The molecule has 1 unspecified atom stereocenters. The minimum atomic E-state index is -0.705. The van der Waals surface area contributed by atoms with Gasteiger partial charge in [-0.2, -0.15) is 0 Å². The van der Waals surface area contributed by atoms with Crippen molar-refractivity contribution in [3.8, 4) is 0 Å². The van der Waals surface area contributed by atoms with Gasteiger partial charge in [0.25, 0.3) is 0 Å². The summed E-state index contributed by atoms with van der Waals surface area (Å²) >= 11 is 0. The van der Waals surface area contributed by atoms with Gasteiger partial charge in [-0.25, -0.2) is 9.37 Å². The first-order chi connectivity index (χ1) is 10.2. The molecule has 4 heteroatoms. The Balaban J connectivity index is 1.99. The van der Waals surface area contributed by atoms with E-state index in [4.69, 9.17) is 0 Å². The van der Waals surface area contributed by atoms with E-state index in [0.29, 0.717) is 11.8 Å². The highest BCUT2D eigenvalue weighted by Crippen LogP contribution is 2.28. The Morgan fingerprint density at radius 3 is 2.71 bits per heavy atom. The van der Waals surface area contributed by atoms with Crippen LogP contribution in [-0.4, -0.2) is 14.7 Å². The number of aliphatic hydroxyl groups excluding tert-OH is 1. The molecular weight excluding hydrogens is 267 g/mol. The molecule has 3 aromatic rings. The molecule has 1 atom stereocenters. The molecule has 0 fully saturated rings. The van der Waals surface area contributed by atoms with Crippen LogP contribution in [0.25, 0.3) is 10.8 Å². The van der Waals surface area contributed by atoms with Gasteiger partial charge in [0.1, 0.15) is 11.6 Å². The van der Waals surface area contributed by atoms with E-state index in [1.807, 2.05) is 29.8 Å². The molecule has 1 aromatic heterocycles. The van der Waals surface area contributed by atoms with Crippen molar-refractivity contribution in [1.29, 1.82) is 0 Å². The number of aromatic nitrogens is 2. The summed E-state index contributed by atoms with van der Waals surface area (Å²) in [6.45, 7) is 2.84. The molecule has 0 bridgehead atoms. The number of benzene rings is 2. The summed E-state index contributed by atoms with van der Waals surface area (Å²) in [4.78, 5) is 4.28. The van der Waals surface area contributed by atoms with Crippen LogP contribution < -0.4 is 0 Å². The lowest BCUT2D eigenvalue weighted by molar-refractivity contribution is 0.176. The fourth-order valence-electron chi connectivity index (χ4n) is 2.68. The van der Waals surface area contributed by atoms with Gasteiger partial charge in [0.2, 0.25) is 0 Å². The number of aliphatic hydroxyl groups is 1. The average molecular weight is 284 g/mol. The largest absolute Gasteiger partial charge is 0.388 e. The molecular formula is C17H17FN2O. The summed E-state index contributed by atoms with van der Waals surface area (Å²) in [6, 6.07) is 10.3. The maximum absolute atomic E-state index is 13.8. The van der Waals surface area contributed by atoms with Crippen molar-refractivity contribution in [3.63, 3.8) is 0 Å². The first kappa shape index (κ1) is 13.8. The third-order valence-electron chi connectivity index (χ3n) is 3.78. The van der Waals surface area contributed by atoms with Crippen LogP contribution in [0.15, 0.2) is 48.8 Å². The monoisotopic (exact) mass is 284 g/mol. The van der Waals surface area contributed by atoms with E-state index in [2.05, 4.69) is 4.98 Å². The van der Waals surface area contributed by atoms with Crippen LogP contribution in [0.3, 0.4) is 0 Å². The van der Waals surface area contributed by atoms with Gasteiger partial charge in [0.15, 0.2) is 0 Å². The molecule has 0 spiro atoms. The second kappa shape index (κ2) is 5.66. The van der Waals surface area contributed by atoms with E-state index < -0.39 is 6.10 Å². The van der Waals surface area contributed by atoms with Crippen molar-refractivity contribution < 1.29 is 9.50 Å². The zero-order valence-electron chi connectivity index (χ0n) is 11.8. The van der Waals surface area contributed by atoms with E-state index >= 15 is 0 Å². The van der Waals surface area contributed by atoms with Gasteiger partial charge in [-0.15, -0.1) is 0 Å². The highest BCUT2D eigenvalue weighted by atomic mass is 19.1. The fraction of sp³-hybridized carbons (Fsp3) is 0.235. The highest BCUT2D eigenvalue weighted by molar-refractivity contribution is 5.86. The molecule has 0 aliphatic heterocycles. The molecule has 0 amide bonds. The van der Waals surface area contributed by atoms with Crippen molar-refractivity contribution in [3.05, 3.63) is 66.0 Å². The van der Waals surface area contributed by atoms with Crippen molar-refractivity contribution in [2.45, 2.75) is 26.0 Å². The highest BCUT2D eigenvalue weighted by Gasteiger charge is 2.16. The second-order valence-electron chi connectivity index (χ2n) is 5.03. The molecule has 1 heterocycles. The Labute approximate surface area is 122 Å². The van der Waals surface area contributed by atoms with Crippen LogP contribution in [0.1, 0.15) is 24.4 Å². The minimum Gasteiger partial charge on any atom is -0.388 e. The summed E-state index contributed by atoms with van der Waals surface area (Å²) in [5.74, 6) is 0.565. The average Bonchev–Trinajstić information content (AvgIpc) is 2.95. The number of hydrogen-bond acceptors (Lipinski definition) is 2. The molecule has 0 aliphatic carbocycles. The molecule has 0 saturated heterocycles. The van der Waals surface area contributed by atoms with Crippen LogP contribution in [0.5, 0.6) is 0 Å². The molecule has 1 N–H and O–H groups in total. The van der Waals surface area contributed by atoms with E-state index in [-0.39, 0.29) is 5.82 Å². The van der Waals surface area contributed by atoms with E-state index in [1.54, 1.807) is 24.4 Å². The second-order valence-corrected chi connectivity index (χ2v) is 5.03. The first-order valence-electron chi connectivity index (χ1n) is 7.06. The lowest BCUT2D eigenvalue weighted by Gasteiger charge is -2.14. The number of aryl methyl sites for hydroxylation is 1. The quantitative estimate of drug-likeness (QED) is 0.796. The Hall–Kier alpha value is -2.20. The molecule has 108 valence electrons. The summed E-state index contributed by atoms with van der Waals surface area (Å²) < 4.78 is 15.8. The summed E-state index contributed by atoms with van der Waals surface area (Å²) in [7, 11) is 0. The Bertz CT molecular complexity index is 766. The molecule has 0 radical (unpaired) electrons. The number of fused-ring (bicyclic) bond motifs is 1. The third kappa shape index (κ3) is 2.54. The predicted octanol–water partition coefficient (Wildman–Crippen LogP) is 3.47. The molecule has 21 heavy (non-hydrogen) atoms. The predicted molar refractivity (Wildman–Crippen MR) is 80.5 cm³/mol. The normalized spacial score (nSPS) is 12.7.